The summed E-state index contributed by atoms with van der Waals surface area (Å²) in [5, 5.41) is 7.19. The van der Waals surface area contributed by atoms with E-state index in [-0.39, 0.29) is 12.5 Å². The van der Waals surface area contributed by atoms with Gasteiger partial charge in [-0.3, -0.25) is 15.0 Å². The zero-order chi connectivity index (χ0) is 17.2. The first kappa shape index (κ1) is 18.9. The number of nitrogens with zero attached hydrogens (tertiary/aromatic N) is 1. The summed E-state index contributed by atoms with van der Waals surface area (Å²) in [5.74, 6) is -0.229. The van der Waals surface area contributed by atoms with Gasteiger partial charge in [0.25, 0.3) is 0 Å². The summed E-state index contributed by atoms with van der Waals surface area (Å²) >= 11 is 1.67. The molecule has 1 heterocycles. The van der Waals surface area contributed by atoms with Crippen LogP contribution in [0.2, 0.25) is 0 Å². The Bertz CT molecular complexity index is 496. The Balaban J connectivity index is 1.64. The second kappa shape index (κ2) is 10.5. The summed E-state index contributed by atoms with van der Waals surface area (Å²) in [7, 11) is 1.99. The number of hydrogen-bond donors (Lipinski definition) is 2. The molecule has 1 aliphatic carbocycles. The molecule has 3 amide bonds. The minimum atomic E-state index is -0.400. The van der Waals surface area contributed by atoms with Crippen molar-refractivity contribution in [2.45, 2.75) is 57.4 Å². The highest BCUT2D eigenvalue weighted by atomic mass is 32.1. The van der Waals surface area contributed by atoms with Gasteiger partial charge in [0.2, 0.25) is 5.91 Å². The first-order valence-corrected chi connectivity index (χ1v) is 9.83. The first-order chi connectivity index (χ1) is 11.6. The van der Waals surface area contributed by atoms with Crippen molar-refractivity contribution < 1.29 is 9.59 Å². The highest BCUT2D eigenvalue weighted by Gasteiger charge is 2.19. The molecular formula is C18H29N3O2S. The number of carbonyl (C=O) groups excluding carboxylic acids is 2. The zero-order valence-corrected chi connectivity index (χ0v) is 15.4. The van der Waals surface area contributed by atoms with Crippen LogP contribution in [0.3, 0.4) is 0 Å². The van der Waals surface area contributed by atoms with Crippen LogP contribution in [-0.2, 0) is 11.2 Å². The fourth-order valence-electron chi connectivity index (χ4n) is 3.20. The molecule has 1 aliphatic rings. The number of carbonyl (C=O) groups is 2. The van der Waals surface area contributed by atoms with Gasteiger partial charge in [0.05, 0.1) is 6.54 Å². The molecule has 0 bridgehead atoms. The topological polar surface area (TPSA) is 61.4 Å². The maximum atomic E-state index is 12.0. The van der Waals surface area contributed by atoms with Crippen molar-refractivity contribution >= 4 is 23.3 Å². The van der Waals surface area contributed by atoms with Gasteiger partial charge in [-0.2, -0.15) is 0 Å². The second-order valence-electron chi connectivity index (χ2n) is 6.55. The quantitative estimate of drug-likeness (QED) is 0.827. The van der Waals surface area contributed by atoms with Crippen LogP contribution in [-0.4, -0.2) is 43.0 Å². The normalized spacial score (nSPS) is 16.4. The van der Waals surface area contributed by atoms with Crippen LogP contribution >= 0.6 is 11.3 Å². The molecule has 0 atom stereocenters. The molecule has 0 saturated heterocycles. The predicted molar refractivity (Wildman–Crippen MR) is 98.3 cm³/mol. The molecule has 0 aromatic carbocycles. The average molecular weight is 352 g/mol. The number of urea groups is 1. The van der Waals surface area contributed by atoms with Crippen molar-refractivity contribution in [3.8, 4) is 0 Å². The third-order valence-electron chi connectivity index (χ3n) is 4.58. The van der Waals surface area contributed by atoms with E-state index < -0.39 is 6.03 Å². The Morgan fingerprint density at radius 1 is 1.21 bits per heavy atom. The Kier molecular flexibility index (Phi) is 8.25. The molecular weight excluding hydrogens is 322 g/mol. The van der Waals surface area contributed by atoms with E-state index in [0.717, 1.165) is 19.3 Å². The number of likely N-dealkylation sites (N-methyl/N-ethyl adjacent to an activating group) is 1. The van der Waals surface area contributed by atoms with Gasteiger partial charge in [0.15, 0.2) is 0 Å². The van der Waals surface area contributed by atoms with Crippen LogP contribution in [0.25, 0.3) is 0 Å². The lowest BCUT2D eigenvalue weighted by molar-refractivity contribution is -0.121. The lowest BCUT2D eigenvalue weighted by Crippen LogP contribution is -2.46. The van der Waals surface area contributed by atoms with E-state index >= 15 is 0 Å². The molecule has 0 unspecified atom stereocenters. The highest BCUT2D eigenvalue weighted by Crippen LogP contribution is 2.20. The van der Waals surface area contributed by atoms with E-state index in [1.54, 1.807) is 11.3 Å². The first-order valence-electron chi connectivity index (χ1n) is 8.95. The van der Waals surface area contributed by atoms with Crippen molar-refractivity contribution in [1.29, 1.82) is 0 Å². The monoisotopic (exact) mass is 351 g/mol. The molecule has 1 fully saturated rings. The lowest BCUT2D eigenvalue weighted by Gasteiger charge is -2.29. The van der Waals surface area contributed by atoms with Gasteiger partial charge in [-0.1, -0.05) is 38.2 Å². The number of amides is 3. The van der Waals surface area contributed by atoms with Gasteiger partial charge >= 0.3 is 6.03 Å². The van der Waals surface area contributed by atoms with Crippen LogP contribution in [0.1, 0.15) is 49.8 Å². The maximum Gasteiger partial charge on any atom is 0.321 e. The van der Waals surface area contributed by atoms with Crippen molar-refractivity contribution in [2.75, 3.05) is 20.1 Å². The van der Waals surface area contributed by atoms with Crippen molar-refractivity contribution in [3.63, 3.8) is 0 Å². The van der Waals surface area contributed by atoms with Gasteiger partial charge in [-0.15, -0.1) is 11.3 Å². The molecule has 1 saturated carbocycles. The number of hydrogen-bond acceptors (Lipinski definition) is 4. The second-order valence-corrected chi connectivity index (χ2v) is 7.58. The Morgan fingerprint density at radius 2 is 1.92 bits per heavy atom. The number of rotatable bonds is 6. The zero-order valence-electron chi connectivity index (χ0n) is 14.6. The fraction of sp³-hybridized carbons (Fsp3) is 0.667. The molecule has 134 valence electrons. The van der Waals surface area contributed by atoms with Crippen LogP contribution in [0.15, 0.2) is 17.5 Å². The van der Waals surface area contributed by atoms with E-state index in [0.29, 0.717) is 12.6 Å². The summed E-state index contributed by atoms with van der Waals surface area (Å²) in [6, 6.07) is 4.09. The van der Waals surface area contributed by atoms with E-state index in [1.165, 1.54) is 37.0 Å². The summed E-state index contributed by atoms with van der Waals surface area (Å²) in [5.41, 5.74) is 0. The Hall–Kier alpha value is -1.40. The van der Waals surface area contributed by atoms with Crippen LogP contribution < -0.4 is 10.6 Å². The molecule has 2 N–H and O–H groups in total. The maximum absolute atomic E-state index is 12.0. The van der Waals surface area contributed by atoms with Gasteiger partial charge in [-0.25, -0.2) is 4.79 Å². The predicted octanol–water partition coefficient (Wildman–Crippen LogP) is 3.16. The van der Waals surface area contributed by atoms with E-state index in [9.17, 15) is 9.59 Å². The molecule has 5 nitrogen and oxygen atoms in total. The van der Waals surface area contributed by atoms with Gasteiger partial charge < -0.3 is 5.32 Å². The van der Waals surface area contributed by atoms with Gasteiger partial charge in [0.1, 0.15) is 0 Å². The summed E-state index contributed by atoms with van der Waals surface area (Å²) in [6.07, 6.45) is 9.49. The van der Waals surface area contributed by atoms with Gasteiger partial charge in [-0.05, 0) is 37.8 Å². The number of thiophene rings is 1. The minimum absolute atomic E-state index is 0.229. The molecule has 0 spiro atoms. The van der Waals surface area contributed by atoms with Gasteiger partial charge in [0, 0.05) is 17.5 Å². The molecule has 6 heteroatoms. The standard InChI is InChI=1S/C18H29N3O2S/c1-21(15-8-5-3-2-4-6-9-15)14-17(22)20-18(23)19-12-11-16-10-7-13-24-16/h7,10,13,15H,2-6,8-9,11-12,14H2,1H3,(H2,19,20,22,23). The SMILES string of the molecule is CN(CC(=O)NC(=O)NCCc1cccs1)C1CCCCCCC1. The fourth-order valence-corrected chi connectivity index (χ4v) is 3.90. The molecule has 0 radical (unpaired) electrons. The molecule has 1 aromatic heterocycles. The van der Waals surface area contributed by atoms with Crippen LogP contribution in [0, 0.1) is 0 Å². The largest absolute Gasteiger partial charge is 0.337 e. The van der Waals surface area contributed by atoms with Crippen molar-refractivity contribution in [2.24, 2.45) is 0 Å². The average Bonchev–Trinajstić information content (AvgIpc) is 2.99. The number of nitrogens with one attached hydrogen (secondary N) is 2. The molecule has 0 aliphatic heterocycles. The molecule has 1 aromatic rings. The summed E-state index contributed by atoms with van der Waals surface area (Å²) < 4.78 is 0. The molecule has 2 rings (SSSR count). The molecule has 24 heavy (non-hydrogen) atoms. The van der Waals surface area contributed by atoms with E-state index in [2.05, 4.69) is 15.5 Å². The summed E-state index contributed by atoms with van der Waals surface area (Å²) in [6.45, 7) is 0.821. The van der Waals surface area contributed by atoms with E-state index in [4.69, 9.17) is 0 Å². The van der Waals surface area contributed by atoms with Crippen LogP contribution in [0.5, 0.6) is 0 Å². The van der Waals surface area contributed by atoms with Crippen molar-refractivity contribution in [3.05, 3.63) is 22.4 Å². The third kappa shape index (κ3) is 7.01. The Morgan fingerprint density at radius 3 is 2.58 bits per heavy atom. The smallest absolute Gasteiger partial charge is 0.321 e. The Labute approximate surface area is 148 Å². The number of imide groups is 1. The van der Waals surface area contributed by atoms with E-state index in [1.807, 2.05) is 24.6 Å². The highest BCUT2D eigenvalue weighted by molar-refractivity contribution is 7.09. The van der Waals surface area contributed by atoms with Crippen LogP contribution in [0.4, 0.5) is 4.79 Å². The lowest BCUT2D eigenvalue weighted by atomic mass is 9.96. The van der Waals surface area contributed by atoms with Crippen molar-refractivity contribution in [1.82, 2.24) is 15.5 Å². The minimum Gasteiger partial charge on any atom is -0.337 e. The third-order valence-corrected chi connectivity index (χ3v) is 5.52. The summed E-state index contributed by atoms with van der Waals surface area (Å²) in [4.78, 5) is 27.1.